The summed E-state index contributed by atoms with van der Waals surface area (Å²) < 4.78 is 5.33. The quantitative estimate of drug-likeness (QED) is 0.806. The number of carbonyl (C=O) groups is 1. The van der Waals surface area contributed by atoms with Crippen LogP contribution < -0.4 is 5.32 Å². The number of methoxy groups -OCH3 is 1. The van der Waals surface area contributed by atoms with Crippen LogP contribution in [0, 0.1) is 11.3 Å². The van der Waals surface area contributed by atoms with E-state index in [2.05, 4.69) is 15.1 Å². The van der Waals surface area contributed by atoms with E-state index in [0.29, 0.717) is 12.5 Å². The summed E-state index contributed by atoms with van der Waals surface area (Å²) in [7, 11) is 1.70. The molecular weight excluding hydrogens is 290 g/mol. The van der Waals surface area contributed by atoms with E-state index in [1.54, 1.807) is 7.11 Å². The van der Waals surface area contributed by atoms with Crippen molar-refractivity contribution in [2.24, 2.45) is 11.3 Å². The van der Waals surface area contributed by atoms with Crippen LogP contribution in [0.15, 0.2) is 0 Å². The van der Waals surface area contributed by atoms with E-state index in [0.717, 1.165) is 51.6 Å². The van der Waals surface area contributed by atoms with Gasteiger partial charge in [0.05, 0.1) is 12.0 Å². The number of nitrogens with one attached hydrogen (secondary N) is 1. The Morgan fingerprint density at radius 2 is 2.00 bits per heavy atom. The third-order valence-electron chi connectivity index (χ3n) is 4.99. The van der Waals surface area contributed by atoms with Crippen LogP contribution in [0.5, 0.6) is 0 Å². The van der Waals surface area contributed by atoms with Gasteiger partial charge in [0.2, 0.25) is 5.91 Å². The molecule has 1 atom stereocenters. The fourth-order valence-corrected chi connectivity index (χ4v) is 3.52. The normalized spacial score (nSPS) is 30.2. The van der Waals surface area contributed by atoms with E-state index < -0.39 is 0 Å². The zero-order chi connectivity index (χ0) is 14.0. The monoisotopic (exact) mass is 317 g/mol. The maximum atomic E-state index is 12.8. The largest absolute Gasteiger partial charge is 0.384 e. The molecule has 0 radical (unpaired) electrons. The highest BCUT2D eigenvalue weighted by Crippen LogP contribution is 2.31. The molecule has 1 unspecified atom stereocenters. The van der Waals surface area contributed by atoms with E-state index in [-0.39, 0.29) is 17.8 Å². The predicted octanol–water partition coefficient (Wildman–Crippen LogP) is 0.589. The molecule has 1 N–H and O–H groups in total. The lowest BCUT2D eigenvalue weighted by molar-refractivity contribution is -0.146. The Kier molecular flexibility index (Phi) is 5.88. The molecule has 122 valence electrons. The summed E-state index contributed by atoms with van der Waals surface area (Å²) in [5, 5.41) is 3.32. The second-order valence-corrected chi connectivity index (χ2v) is 6.68. The van der Waals surface area contributed by atoms with Crippen LogP contribution in [0.2, 0.25) is 0 Å². The minimum absolute atomic E-state index is 0. The summed E-state index contributed by atoms with van der Waals surface area (Å²) >= 11 is 0. The molecule has 21 heavy (non-hydrogen) atoms. The van der Waals surface area contributed by atoms with Gasteiger partial charge in [0.15, 0.2) is 0 Å². The molecule has 0 spiro atoms. The van der Waals surface area contributed by atoms with Gasteiger partial charge in [-0.05, 0) is 31.7 Å². The lowest BCUT2D eigenvalue weighted by atomic mass is 9.86. The van der Waals surface area contributed by atoms with Crippen LogP contribution in [0.3, 0.4) is 0 Å². The second-order valence-electron chi connectivity index (χ2n) is 6.68. The minimum Gasteiger partial charge on any atom is -0.384 e. The fraction of sp³-hybridized carbons (Fsp3) is 0.933. The lowest BCUT2D eigenvalue weighted by Gasteiger charge is -2.39. The van der Waals surface area contributed by atoms with E-state index in [9.17, 15) is 4.79 Å². The van der Waals surface area contributed by atoms with Gasteiger partial charge in [0.1, 0.15) is 0 Å². The molecule has 0 bridgehead atoms. The number of piperazine rings is 1. The molecule has 1 saturated carbocycles. The second kappa shape index (κ2) is 7.27. The zero-order valence-electron chi connectivity index (χ0n) is 13.0. The van der Waals surface area contributed by atoms with Crippen molar-refractivity contribution in [2.45, 2.75) is 19.3 Å². The van der Waals surface area contributed by atoms with Crippen LogP contribution in [0.25, 0.3) is 0 Å². The summed E-state index contributed by atoms with van der Waals surface area (Å²) in [6, 6.07) is 0. The van der Waals surface area contributed by atoms with Gasteiger partial charge in [0, 0.05) is 46.4 Å². The van der Waals surface area contributed by atoms with E-state index >= 15 is 0 Å². The number of ether oxygens (including phenoxy) is 1. The first-order valence-electron chi connectivity index (χ1n) is 7.95. The maximum absolute atomic E-state index is 12.8. The van der Waals surface area contributed by atoms with Crippen molar-refractivity contribution in [3.8, 4) is 0 Å². The minimum atomic E-state index is -0.312. The van der Waals surface area contributed by atoms with E-state index in [1.807, 2.05) is 0 Å². The molecule has 1 aliphatic carbocycles. The highest BCUT2D eigenvalue weighted by molar-refractivity contribution is 5.85. The van der Waals surface area contributed by atoms with Crippen LogP contribution in [0.1, 0.15) is 19.3 Å². The van der Waals surface area contributed by atoms with Gasteiger partial charge in [-0.2, -0.15) is 0 Å². The standard InChI is InChI=1S/C15H27N3O2.ClH/c1-20-12-15(4-5-16-11-15)14(19)18-8-6-17(7-9-18)10-13-2-3-13;/h13,16H,2-12H2,1H3;1H. The Hall–Kier alpha value is -0.360. The van der Waals surface area contributed by atoms with Gasteiger partial charge in [-0.25, -0.2) is 0 Å². The number of hydrogen-bond acceptors (Lipinski definition) is 4. The molecule has 2 heterocycles. The van der Waals surface area contributed by atoms with Crippen molar-refractivity contribution in [3.63, 3.8) is 0 Å². The first kappa shape index (κ1) is 17.0. The highest BCUT2D eigenvalue weighted by atomic mass is 35.5. The Morgan fingerprint density at radius 1 is 1.29 bits per heavy atom. The topological polar surface area (TPSA) is 44.8 Å². The first-order chi connectivity index (χ1) is 9.73. The molecule has 1 amide bonds. The number of hydrogen-bond donors (Lipinski definition) is 1. The van der Waals surface area contributed by atoms with Gasteiger partial charge in [-0.15, -0.1) is 12.4 Å². The molecule has 0 aromatic carbocycles. The predicted molar refractivity (Wildman–Crippen MR) is 84.8 cm³/mol. The van der Waals surface area contributed by atoms with Crippen molar-refractivity contribution >= 4 is 18.3 Å². The molecule has 3 rings (SSSR count). The summed E-state index contributed by atoms with van der Waals surface area (Å²) in [4.78, 5) is 17.4. The molecule has 0 aromatic heterocycles. The van der Waals surface area contributed by atoms with Crippen molar-refractivity contribution in [3.05, 3.63) is 0 Å². The molecule has 6 heteroatoms. The Balaban J connectivity index is 0.00000161. The van der Waals surface area contributed by atoms with Crippen molar-refractivity contribution in [2.75, 3.05) is 59.5 Å². The third-order valence-corrected chi connectivity index (χ3v) is 4.99. The number of nitrogens with zero attached hydrogens (tertiary/aromatic N) is 2. The fourth-order valence-electron chi connectivity index (χ4n) is 3.52. The molecule has 3 fully saturated rings. The van der Waals surface area contributed by atoms with Crippen LogP contribution in [-0.2, 0) is 9.53 Å². The third kappa shape index (κ3) is 3.89. The summed E-state index contributed by atoms with van der Waals surface area (Å²) in [5.41, 5.74) is -0.312. The number of halogens is 1. The first-order valence-corrected chi connectivity index (χ1v) is 7.95. The summed E-state index contributed by atoms with van der Waals surface area (Å²) in [6.45, 7) is 7.33. The Bertz CT molecular complexity index is 349. The lowest BCUT2D eigenvalue weighted by Crippen LogP contribution is -2.55. The van der Waals surface area contributed by atoms with E-state index in [4.69, 9.17) is 4.74 Å². The van der Waals surface area contributed by atoms with Gasteiger partial charge in [-0.1, -0.05) is 0 Å². The van der Waals surface area contributed by atoms with Crippen molar-refractivity contribution < 1.29 is 9.53 Å². The van der Waals surface area contributed by atoms with Gasteiger partial charge >= 0.3 is 0 Å². The number of amides is 1. The SMILES string of the molecule is COCC1(C(=O)N2CCN(CC3CC3)CC2)CCNC1.Cl. The molecule has 2 saturated heterocycles. The number of carbonyl (C=O) groups excluding carboxylic acids is 1. The highest BCUT2D eigenvalue weighted by Gasteiger charge is 2.44. The smallest absolute Gasteiger partial charge is 0.232 e. The van der Waals surface area contributed by atoms with Crippen molar-refractivity contribution in [1.82, 2.24) is 15.1 Å². The maximum Gasteiger partial charge on any atom is 0.232 e. The van der Waals surface area contributed by atoms with Gasteiger partial charge < -0.3 is 15.0 Å². The Morgan fingerprint density at radius 3 is 2.52 bits per heavy atom. The summed E-state index contributed by atoms with van der Waals surface area (Å²) in [5.74, 6) is 1.24. The average Bonchev–Trinajstić information content (AvgIpc) is 3.15. The Labute approximate surface area is 133 Å². The van der Waals surface area contributed by atoms with Gasteiger partial charge in [-0.3, -0.25) is 9.69 Å². The van der Waals surface area contributed by atoms with E-state index in [1.165, 1.54) is 19.4 Å². The molecular formula is C15H28ClN3O2. The van der Waals surface area contributed by atoms with Crippen molar-refractivity contribution in [1.29, 1.82) is 0 Å². The van der Waals surface area contributed by atoms with Crippen LogP contribution in [-0.4, -0.2) is 75.2 Å². The molecule has 0 aromatic rings. The number of rotatable bonds is 5. The molecule has 2 aliphatic heterocycles. The molecule has 5 nitrogen and oxygen atoms in total. The van der Waals surface area contributed by atoms with Crippen LogP contribution in [0.4, 0.5) is 0 Å². The van der Waals surface area contributed by atoms with Gasteiger partial charge in [0.25, 0.3) is 0 Å². The molecule has 3 aliphatic rings. The summed E-state index contributed by atoms with van der Waals surface area (Å²) in [6.07, 6.45) is 3.71. The van der Waals surface area contributed by atoms with Crippen LogP contribution >= 0.6 is 12.4 Å². The zero-order valence-corrected chi connectivity index (χ0v) is 13.8. The average molecular weight is 318 g/mol.